The predicted octanol–water partition coefficient (Wildman–Crippen LogP) is 1.78. The van der Waals surface area contributed by atoms with E-state index < -0.39 is 17.5 Å². The fourth-order valence-electron chi connectivity index (χ4n) is 3.63. The lowest BCUT2D eigenvalue weighted by Gasteiger charge is -2.31. The summed E-state index contributed by atoms with van der Waals surface area (Å²) in [6, 6.07) is 13.8. The molecule has 4 rings (SSSR count). The standard InChI is InChI=1S/C20H19N3O4/c1-2-27-15-9-8-13-11-23(17(24)16(13)10-15)12-20(14-6-4-3-5-7-14)18(25)21-19(26)22-20/h3-10H,2,11-12H2,1H3,(H2,21,22,25,26)/t20-/m0/s1. The van der Waals surface area contributed by atoms with Gasteiger partial charge < -0.3 is 15.0 Å². The maximum Gasteiger partial charge on any atom is 0.322 e. The van der Waals surface area contributed by atoms with E-state index in [2.05, 4.69) is 10.6 Å². The number of hydrogen-bond donors (Lipinski definition) is 2. The Hall–Kier alpha value is -3.35. The molecule has 27 heavy (non-hydrogen) atoms. The molecule has 1 saturated heterocycles. The van der Waals surface area contributed by atoms with Gasteiger partial charge in [0.2, 0.25) is 0 Å². The fourth-order valence-corrected chi connectivity index (χ4v) is 3.63. The van der Waals surface area contributed by atoms with Gasteiger partial charge in [-0.3, -0.25) is 14.9 Å². The van der Waals surface area contributed by atoms with E-state index in [1.807, 2.05) is 25.1 Å². The first-order valence-electron chi connectivity index (χ1n) is 8.77. The minimum Gasteiger partial charge on any atom is -0.494 e. The average molecular weight is 365 g/mol. The molecule has 0 unspecified atom stereocenters. The zero-order valence-corrected chi connectivity index (χ0v) is 14.8. The SMILES string of the molecule is CCOc1ccc2c(c1)C(=O)N(C[C@@]1(c3ccccc3)NC(=O)NC1=O)C2. The van der Waals surface area contributed by atoms with Crippen LogP contribution in [0.3, 0.4) is 0 Å². The molecule has 0 saturated carbocycles. The second-order valence-electron chi connectivity index (χ2n) is 6.59. The highest BCUT2D eigenvalue weighted by Crippen LogP contribution is 2.32. The molecule has 0 spiro atoms. The van der Waals surface area contributed by atoms with Gasteiger partial charge in [-0.2, -0.15) is 0 Å². The molecule has 0 radical (unpaired) electrons. The first kappa shape index (κ1) is 17.1. The Morgan fingerprint density at radius 1 is 1.11 bits per heavy atom. The van der Waals surface area contributed by atoms with Crippen LogP contribution in [0.1, 0.15) is 28.4 Å². The molecule has 2 aliphatic heterocycles. The van der Waals surface area contributed by atoms with Gasteiger partial charge in [-0.15, -0.1) is 0 Å². The number of urea groups is 1. The Labute approximate surface area is 156 Å². The van der Waals surface area contributed by atoms with Gasteiger partial charge in [-0.1, -0.05) is 36.4 Å². The smallest absolute Gasteiger partial charge is 0.322 e. The number of carbonyl (C=O) groups is 3. The summed E-state index contributed by atoms with van der Waals surface area (Å²) in [5, 5.41) is 5.02. The van der Waals surface area contributed by atoms with Crippen LogP contribution in [-0.4, -0.2) is 35.9 Å². The van der Waals surface area contributed by atoms with Crippen LogP contribution in [0.25, 0.3) is 0 Å². The van der Waals surface area contributed by atoms with Crippen molar-refractivity contribution in [1.82, 2.24) is 15.5 Å². The molecule has 4 amide bonds. The second-order valence-corrected chi connectivity index (χ2v) is 6.59. The summed E-state index contributed by atoms with van der Waals surface area (Å²) in [6.45, 7) is 2.82. The number of nitrogens with one attached hydrogen (secondary N) is 2. The van der Waals surface area contributed by atoms with E-state index in [4.69, 9.17) is 4.74 Å². The van der Waals surface area contributed by atoms with Crippen molar-refractivity contribution in [2.24, 2.45) is 0 Å². The molecule has 2 heterocycles. The first-order valence-corrected chi connectivity index (χ1v) is 8.77. The van der Waals surface area contributed by atoms with E-state index in [1.165, 1.54) is 0 Å². The highest BCUT2D eigenvalue weighted by atomic mass is 16.5. The number of fused-ring (bicyclic) bond motifs is 1. The summed E-state index contributed by atoms with van der Waals surface area (Å²) < 4.78 is 5.48. The molecule has 0 bridgehead atoms. The normalized spacial score (nSPS) is 21.1. The van der Waals surface area contributed by atoms with Crippen molar-refractivity contribution in [3.05, 3.63) is 65.2 Å². The molecule has 2 aliphatic rings. The minimum absolute atomic E-state index is 0.0477. The van der Waals surface area contributed by atoms with Crippen LogP contribution in [0, 0.1) is 0 Å². The molecule has 7 heteroatoms. The molecule has 2 aromatic rings. The highest BCUT2D eigenvalue weighted by Gasteiger charge is 2.50. The third-order valence-corrected chi connectivity index (χ3v) is 4.91. The third kappa shape index (κ3) is 2.81. The molecule has 138 valence electrons. The molecular weight excluding hydrogens is 346 g/mol. The van der Waals surface area contributed by atoms with Crippen molar-refractivity contribution < 1.29 is 19.1 Å². The number of amides is 4. The summed E-state index contributed by atoms with van der Waals surface area (Å²) in [5.41, 5.74) is 0.760. The monoisotopic (exact) mass is 365 g/mol. The lowest BCUT2D eigenvalue weighted by Crippen LogP contribution is -2.52. The van der Waals surface area contributed by atoms with Crippen molar-refractivity contribution in [1.29, 1.82) is 0 Å². The fraction of sp³-hybridized carbons (Fsp3) is 0.250. The Balaban J connectivity index is 1.66. The third-order valence-electron chi connectivity index (χ3n) is 4.91. The van der Waals surface area contributed by atoms with Crippen LogP contribution in [0.2, 0.25) is 0 Å². The minimum atomic E-state index is -1.31. The number of nitrogens with zero attached hydrogens (tertiary/aromatic N) is 1. The van der Waals surface area contributed by atoms with Crippen molar-refractivity contribution in [3.63, 3.8) is 0 Å². The molecule has 0 aliphatic carbocycles. The van der Waals surface area contributed by atoms with Crippen LogP contribution < -0.4 is 15.4 Å². The van der Waals surface area contributed by atoms with E-state index in [9.17, 15) is 14.4 Å². The topological polar surface area (TPSA) is 87.7 Å². The van der Waals surface area contributed by atoms with E-state index in [-0.39, 0.29) is 12.5 Å². The second kappa shape index (κ2) is 6.42. The highest BCUT2D eigenvalue weighted by molar-refractivity contribution is 6.08. The molecule has 0 aromatic heterocycles. The summed E-state index contributed by atoms with van der Waals surface area (Å²) in [7, 11) is 0. The van der Waals surface area contributed by atoms with Crippen LogP contribution in [-0.2, 0) is 16.9 Å². The van der Waals surface area contributed by atoms with Crippen LogP contribution in [0.5, 0.6) is 5.75 Å². The zero-order valence-electron chi connectivity index (χ0n) is 14.8. The Morgan fingerprint density at radius 3 is 2.56 bits per heavy atom. The molecular formula is C20H19N3O4. The van der Waals surface area contributed by atoms with Gasteiger partial charge in [-0.05, 0) is 30.2 Å². The van der Waals surface area contributed by atoms with Gasteiger partial charge in [0.1, 0.15) is 5.75 Å². The quantitative estimate of drug-likeness (QED) is 0.791. The molecule has 2 aromatic carbocycles. The maximum atomic E-state index is 12.9. The summed E-state index contributed by atoms with van der Waals surface area (Å²) in [4.78, 5) is 39.0. The largest absolute Gasteiger partial charge is 0.494 e. The van der Waals surface area contributed by atoms with Gasteiger partial charge in [0.15, 0.2) is 5.54 Å². The predicted molar refractivity (Wildman–Crippen MR) is 97.1 cm³/mol. The number of ether oxygens (including phenoxy) is 1. The number of benzene rings is 2. The van der Waals surface area contributed by atoms with Crippen molar-refractivity contribution in [2.75, 3.05) is 13.2 Å². The first-order chi connectivity index (χ1) is 13.0. The van der Waals surface area contributed by atoms with Crippen molar-refractivity contribution in [3.8, 4) is 5.75 Å². The van der Waals surface area contributed by atoms with Crippen LogP contribution in [0.4, 0.5) is 4.79 Å². The van der Waals surface area contributed by atoms with Gasteiger partial charge in [-0.25, -0.2) is 4.79 Å². The number of imide groups is 1. The molecule has 2 N–H and O–H groups in total. The van der Waals surface area contributed by atoms with Gasteiger partial charge in [0.25, 0.3) is 11.8 Å². The molecule has 1 atom stereocenters. The number of hydrogen-bond acceptors (Lipinski definition) is 4. The van der Waals surface area contributed by atoms with E-state index in [0.717, 1.165) is 5.56 Å². The van der Waals surface area contributed by atoms with Gasteiger partial charge in [0, 0.05) is 12.1 Å². The van der Waals surface area contributed by atoms with Gasteiger partial charge in [0.05, 0.1) is 13.2 Å². The van der Waals surface area contributed by atoms with Crippen molar-refractivity contribution in [2.45, 2.75) is 19.0 Å². The Kier molecular flexibility index (Phi) is 4.07. The Bertz CT molecular complexity index is 928. The van der Waals surface area contributed by atoms with Crippen molar-refractivity contribution >= 4 is 17.8 Å². The zero-order chi connectivity index (χ0) is 19.0. The van der Waals surface area contributed by atoms with Crippen LogP contribution >= 0.6 is 0 Å². The van der Waals surface area contributed by atoms with Crippen LogP contribution in [0.15, 0.2) is 48.5 Å². The van der Waals surface area contributed by atoms with E-state index in [1.54, 1.807) is 35.2 Å². The number of carbonyl (C=O) groups excluding carboxylic acids is 3. The summed E-state index contributed by atoms with van der Waals surface area (Å²) in [5.74, 6) is -0.00981. The van der Waals surface area contributed by atoms with E-state index in [0.29, 0.717) is 30.0 Å². The lowest BCUT2D eigenvalue weighted by molar-refractivity contribution is -0.124. The van der Waals surface area contributed by atoms with Gasteiger partial charge >= 0.3 is 6.03 Å². The van der Waals surface area contributed by atoms with E-state index >= 15 is 0 Å². The maximum absolute atomic E-state index is 12.9. The number of rotatable bonds is 5. The average Bonchev–Trinajstić information content (AvgIpc) is 3.13. The Morgan fingerprint density at radius 2 is 1.89 bits per heavy atom. The molecule has 1 fully saturated rings. The lowest BCUT2D eigenvalue weighted by atomic mass is 9.89. The molecule has 7 nitrogen and oxygen atoms in total. The summed E-state index contributed by atoms with van der Waals surface area (Å²) in [6.07, 6.45) is 0. The summed E-state index contributed by atoms with van der Waals surface area (Å²) >= 11 is 0.